The molecule has 0 bridgehead atoms. The van der Waals surface area contributed by atoms with Gasteiger partial charge < -0.3 is 14.4 Å². The summed E-state index contributed by atoms with van der Waals surface area (Å²) in [5.41, 5.74) is 5.16. The number of hydrogen-bond acceptors (Lipinski definition) is 8. The maximum absolute atomic E-state index is 11.7. The van der Waals surface area contributed by atoms with E-state index >= 15 is 0 Å². The molecule has 0 radical (unpaired) electrons. The van der Waals surface area contributed by atoms with Crippen molar-refractivity contribution < 1.29 is 14.3 Å². The van der Waals surface area contributed by atoms with E-state index in [1.54, 1.807) is 13.1 Å². The van der Waals surface area contributed by atoms with Gasteiger partial charge in [0.15, 0.2) is 5.82 Å². The first-order valence-electron chi connectivity index (χ1n) is 9.86. The van der Waals surface area contributed by atoms with Crippen LogP contribution in [0.3, 0.4) is 0 Å². The Morgan fingerprint density at radius 2 is 2.14 bits per heavy atom. The number of esters is 1. The van der Waals surface area contributed by atoms with Gasteiger partial charge >= 0.3 is 5.97 Å². The van der Waals surface area contributed by atoms with Crippen LogP contribution in [0.25, 0.3) is 0 Å². The first-order chi connectivity index (χ1) is 14.1. The molecule has 1 fully saturated rings. The fourth-order valence-electron chi connectivity index (χ4n) is 2.98. The molecule has 1 aromatic heterocycles. The number of hydrazone groups is 1. The number of benzene rings is 1. The Bertz CT molecular complexity index is 850. The van der Waals surface area contributed by atoms with E-state index in [0.29, 0.717) is 37.9 Å². The molecular formula is C21H27N5O3. The number of carbonyl (C=O) groups excluding carboxylic acids is 1. The van der Waals surface area contributed by atoms with Gasteiger partial charge in [-0.2, -0.15) is 5.10 Å². The van der Waals surface area contributed by atoms with Gasteiger partial charge in [-0.25, -0.2) is 9.97 Å². The van der Waals surface area contributed by atoms with Gasteiger partial charge in [0.1, 0.15) is 11.6 Å². The zero-order chi connectivity index (χ0) is 20.5. The molecule has 8 heteroatoms. The fourth-order valence-corrected chi connectivity index (χ4v) is 2.98. The summed E-state index contributed by atoms with van der Waals surface area (Å²) in [6.45, 7) is 7.06. The third-order valence-electron chi connectivity index (χ3n) is 4.39. The van der Waals surface area contributed by atoms with Crippen LogP contribution in [0.15, 0.2) is 35.4 Å². The maximum atomic E-state index is 11.7. The second-order valence-corrected chi connectivity index (χ2v) is 6.72. The molecular weight excluding hydrogens is 370 g/mol. The quantitative estimate of drug-likeness (QED) is 0.416. The van der Waals surface area contributed by atoms with Crippen molar-refractivity contribution in [3.05, 3.63) is 47.3 Å². The van der Waals surface area contributed by atoms with Gasteiger partial charge in [-0.1, -0.05) is 29.8 Å². The van der Waals surface area contributed by atoms with Crippen LogP contribution in [0.1, 0.15) is 30.3 Å². The number of nitrogens with one attached hydrogen (secondary N) is 1. The molecule has 1 saturated heterocycles. The van der Waals surface area contributed by atoms with Gasteiger partial charge in [0.25, 0.3) is 0 Å². The van der Waals surface area contributed by atoms with E-state index in [1.807, 2.05) is 31.2 Å². The number of carbonyl (C=O) groups is 1. The van der Waals surface area contributed by atoms with Crippen LogP contribution in [0.5, 0.6) is 0 Å². The van der Waals surface area contributed by atoms with Crippen LogP contribution in [0, 0.1) is 6.92 Å². The molecule has 0 atom stereocenters. The van der Waals surface area contributed by atoms with Crippen LogP contribution >= 0.6 is 0 Å². The molecule has 1 N–H and O–H groups in total. The Hall–Kier alpha value is -3.00. The number of anilines is 2. The zero-order valence-corrected chi connectivity index (χ0v) is 16.9. The van der Waals surface area contributed by atoms with E-state index < -0.39 is 0 Å². The summed E-state index contributed by atoms with van der Waals surface area (Å²) in [6, 6.07) is 9.94. The SMILES string of the molecule is CCOC(=O)CCc1nc(N/N=C/c2cccc(C)c2)cc(N2CCOCC2)n1. The van der Waals surface area contributed by atoms with Crippen molar-refractivity contribution in [2.24, 2.45) is 5.10 Å². The van der Waals surface area contributed by atoms with Crippen LogP contribution in [0.4, 0.5) is 11.6 Å². The molecule has 1 aromatic carbocycles. The van der Waals surface area contributed by atoms with E-state index in [1.165, 1.54) is 5.56 Å². The average molecular weight is 397 g/mol. The molecule has 2 aromatic rings. The number of aromatic nitrogens is 2. The van der Waals surface area contributed by atoms with E-state index in [-0.39, 0.29) is 12.4 Å². The van der Waals surface area contributed by atoms with Crippen molar-refractivity contribution in [2.75, 3.05) is 43.2 Å². The lowest BCUT2D eigenvalue weighted by atomic mass is 10.2. The fraction of sp³-hybridized carbons (Fsp3) is 0.429. The lowest BCUT2D eigenvalue weighted by Crippen LogP contribution is -2.37. The van der Waals surface area contributed by atoms with Crippen LogP contribution in [0.2, 0.25) is 0 Å². The minimum atomic E-state index is -0.250. The first-order valence-corrected chi connectivity index (χ1v) is 9.86. The van der Waals surface area contributed by atoms with Crippen molar-refractivity contribution in [2.45, 2.75) is 26.7 Å². The summed E-state index contributed by atoms with van der Waals surface area (Å²) >= 11 is 0. The molecule has 0 aliphatic carbocycles. The smallest absolute Gasteiger partial charge is 0.306 e. The van der Waals surface area contributed by atoms with Crippen LogP contribution in [-0.2, 0) is 20.7 Å². The van der Waals surface area contributed by atoms with Gasteiger partial charge in [0, 0.05) is 25.6 Å². The standard InChI is InChI=1S/C21H27N5O3/c1-3-29-21(27)8-7-18-23-19(14-20(24-18)26-9-11-28-12-10-26)25-22-15-17-6-4-5-16(2)13-17/h4-6,13-15H,3,7-12H2,1-2H3,(H,23,24,25)/b22-15+. The number of morpholine rings is 1. The second kappa shape index (κ2) is 10.5. The molecule has 154 valence electrons. The third-order valence-corrected chi connectivity index (χ3v) is 4.39. The molecule has 1 aliphatic rings. The Morgan fingerprint density at radius 3 is 2.90 bits per heavy atom. The highest BCUT2D eigenvalue weighted by molar-refractivity contribution is 5.80. The van der Waals surface area contributed by atoms with Gasteiger partial charge in [-0.15, -0.1) is 0 Å². The highest BCUT2D eigenvalue weighted by atomic mass is 16.5. The molecule has 8 nitrogen and oxygen atoms in total. The van der Waals surface area contributed by atoms with Crippen molar-refractivity contribution >= 4 is 23.8 Å². The van der Waals surface area contributed by atoms with Crippen molar-refractivity contribution in [1.29, 1.82) is 0 Å². The van der Waals surface area contributed by atoms with Crippen molar-refractivity contribution in [1.82, 2.24) is 9.97 Å². The Labute approximate surface area is 171 Å². The summed E-state index contributed by atoms with van der Waals surface area (Å²) in [5.74, 6) is 1.72. The number of nitrogens with zero attached hydrogens (tertiary/aromatic N) is 4. The Kier molecular flexibility index (Phi) is 7.52. The minimum Gasteiger partial charge on any atom is -0.466 e. The summed E-state index contributed by atoms with van der Waals surface area (Å²) in [5, 5.41) is 4.30. The third kappa shape index (κ3) is 6.53. The topological polar surface area (TPSA) is 88.9 Å². The van der Waals surface area contributed by atoms with E-state index in [4.69, 9.17) is 9.47 Å². The highest BCUT2D eigenvalue weighted by Gasteiger charge is 2.15. The number of aryl methyl sites for hydroxylation is 2. The van der Waals surface area contributed by atoms with E-state index in [0.717, 1.165) is 24.5 Å². The Morgan fingerprint density at radius 1 is 1.31 bits per heavy atom. The second-order valence-electron chi connectivity index (χ2n) is 6.72. The van der Waals surface area contributed by atoms with Crippen molar-refractivity contribution in [3.8, 4) is 0 Å². The summed E-state index contributed by atoms with van der Waals surface area (Å²) in [6.07, 6.45) is 2.40. The minimum absolute atomic E-state index is 0.242. The number of ether oxygens (including phenoxy) is 2. The lowest BCUT2D eigenvalue weighted by Gasteiger charge is -2.28. The van der Waals surface area contributed by atoms with Gasteiger partial charge in [0.05, 0.1) is 32.5 Å². The molecule has 0 unspecified atom stereocenters. The maximum Gasteiger partial charge on any atom is 0.306 e. The summed E-state index contributed by atoms with van der Waals surface area (Å²) in [7, 11) is 0. The molecule has 2 heterocycles. The van der Waals surface area contributed by atoms with Gasteiger partial charge in [-0.05, 0) is 19.4 Å². The molecule has 0 saturated carbocycles. The van der Waals surface area contributed by atoms with E-state index in [9.17, 15) is 4.79 Å². The summed E-state index contributed by atoms with van der Waals surface area (Å²) in [4.78, 5) is 23.0. The summed E-state index contributed by atoms with van der Waals surface area (Å²) < 4.78 is 10.4. The average Bonchev–Trinajstić information content (AvgIpc) is 2.73. The van der Waals surface area contributed by atoms with Crippen LogP contribution in [-0.4, -0.2) is 55.1 Å². The highest BCUT2D eigenvalue weighted by Crippen LogP contribution is 2.18. The van der Waals surface area contributed by atoms with Crippen molar-refractivity contribution in [3.63, 3.8) is 0 Å². The number of hydrogen-bond donors (Lipinski definition) is 1. The predicted octanol–water partition coefficient (Wildman–Crippen LogP) is 2.56. The van der Waals surface area contributed by atoms with E-state index in [2.05, 4.69) is 31.5 Å². The molecule has 3 rings (SSSR count). The van der Waals surface area contributed by atoms with Gasteiger partial charge in [-0.3, -0.25) is 10.2 Å². The Balaban J connectivity index is 1.74. The predicted molar refractivity (Wildman–Crippen MR) is 112 cm³/mol. The molecule has 1 aliphatic heterocycles. The van der Waals surface area contributed by atoms with Crippen LogP contribution < -0.4 is 10.3 Å². The molecule has 29 heavy (non-hydrogen) atoms. The lowest BCUT2D eigenvalue weighted by molar-refractivity contribution is -0.143. The zero-order valence-electron chi connectivity index (χ0n) is 16.9. The first kappa shape index (κ1) is 20.7. The normalized spacial score (nSPS) is 14.2. The van der Waals surface area contributed by atoms with Gasteiger partial charge in [0.2, 0.25) is 0 Å². The molecule has 0 spiro atoms. The molecule has 0 amide bonds. The largest absolute Gasteiger partial charge is 0.466 e. The number of rotatable bonds is 8. The monoisotopic (exact) mass is 397 g/mol.